The van der Waals surface area contributed by atoms with Crippen molar-refractivity contribution in [1.29, 1.82) is 0 Å². The monoisotopic (exact) mass is 445 g/mol. The highest BCUT2D eigenvalue weighted by atomic mass is 19.1. The summed E-state index contributed by atoms with van der Waals surface area (Å²) in [5.74, 6) is 1.87. The number of nitrogens with one attached hydrogen (secondary N) is 2. The van der Waals surface area contributed by atoms with E-state index in [1.165, 1.54) is 6.07 Å². The summed E-state index contributed by atoms with van der Waals surface area (Å²) in [4.78, 5) is 4.68. The minimum atomic E-state index is -0.213. The Morgan fingerprint density at radius 1 is 1.06 bits per heavy atom. The minimum Gasteiger partial charge on any atom is -0.490 e. The van der Waals surface area contributed by atoms with E-state index in [2.05, 4.69) is 15.6 Å². The first-order chi connectivity index (χ1) is 15.7. The third-order valence-electron chi connectivity index (χ3n) is 4.84. The van der Waals surface area contributed by atoms with Gasteiger partial charge in [0.1, 0.15) is 5.82 Å². The van der Waals surface area contributed by atoms with Crippen LogP contribution in [-0.2, 0) is 16.0 Å². The first-order valence-corrected chi connectivity index (χ1v) is 10.9. The second-order valence-corrected chi connectivity index (χ2v) is 7.47. The van der Waals surface area contributed by atoms with Crippen LogP contribution < -0.4 is 20.1 Å². The molecule has 8 heteroatoms. The number of anilines is 1. The molecule has 0 saturated heterocycles. The second kappa shape index (κ2) is 12.9. The number of fused-ring (bicyclic) bond motifs is 1. The smallest absolute Gasteiger partial charge is 0.196 e. The lowest BCUT2D eigenvalue weighted by molar-refractivity contribution is 0.0699. The number of aryl methyl sites for hydroxylation is 1. The van der Waals surface area contributed by atoms with Crippen LogP contribution in [0.5, 0.6) is 11.5 Å². The first kappa shape index (κ1) is 23.8. The maximum atomic E-state index is 13.6. The molecule has 1 aliphatic rings. The van der Waals surface area contributed by atoms with E-state index in [9.17, 15) is 4.39 Å². The Balaban J connectivity index is 1.64. The zero-order chi connectivity index (χ0) is 22.6. The number of hydrogen-bond donors (Lipinski definition) is 2. The maximum absolute atomic E-state index is 13.6. The Kier molecular flexibility index (Phi) is 9.59. The molecule has 2 aromatic rings. The van der Waals surface area contributed by atoms with Gasteiger partial charge in [-0.05, 0) is 42.7 Å². The summed E-state index contributed by atoms with van der Waals surface area (Å²) in [7, 11) is 1.65. The highest BCUT2D eigenvalue weighted by Crippen LogP contribution is 2.32. The average molecular weight is 446 g/mol. The van der Waals surface area contributed by atoms with Gasteiger partial charge in [0.2, 0.25) is 0 Å². The zero-order valence-electron chi connectivity index (χ0n) is 18.8. The molecule has 2 N–H and O–H groups in total. The summed E-state index contributed by atoms with van der Waals surface area (Å²) >= 11 is 0. The van der Waals surface area contributed by atoms with E-state index in [-0.39, 0.29) is 5.82 Å². The molecule has 3 rings (SSSR count). The fourth-order valence-electron chi connectivity index (χ4n) is 3.12. The molecule has 2 aromatic carbocycles. The number of aliphatic imine (C=N–C) groups is 1. The molecule has 0 unspecified atom stereocenters. The van der Waals surface area contributed by atoms with Crippen LogP contribution in [0.15, 0.2) is 41.4 Å². The van der Waals surface area contributed by atoms with E-state index >= 15 is 0 Å². The first-order valence-electron chi connectivity index (χ1n) is 10.9. The number of hydrogen-bond acceptors (Lipinski definition) is 5. The molecule has 0 spiro atoms. The zero-order valence-corrected chi connectivity index (χ0v) is 18.8. The highest BCUT2D eigenvalue weighted by molar-refractivity contribution is 5.93. The summed E-state index contributed by atoms with van der Waals surface area (Å²) in [6, 6.07) is 10.8. The van der Waals surface area contributed by atoms with Crippen molar-refractivity contribution in [3.05, 3.63) is 53.3 Å². The van der Waals surface area contributed by atoms with Crippen molar-refractivity contribution in [1.82, 2.24) is 5.32 Å². The van der Waals surface area contributed by atoms with Gasteiger partial charge in [0, 0.05) is 38.4 Å². The molecule has 32 heavy (non-hydrogen) atoms. The molecule has 0 amide bonds. The Bertz CT molecular complexity index is 892. The third kappa shape index (κ3) is 7.69. The number of guanidine groups is 1. The normalized spacial score (nSPS) is 13.5. The highest BCUT2D eigenvalue weighted by Gasteiger charge is 2.11. The van der Waals surface area contributed by atoms with Crippen molar-refractivity contribution >= 4 is 11.6 Å². The van der Waals surface area contributed by atoms with E-state index in [0.29, 0.717) is 63.4 Å². The van der Waals surface area contributed by atoms with Crippen LogP contribution in [0.25, 0.3) is 0 Å². The Labute approximate surface area is 188 Å². The number of nitrogens with zero attached hydrogens (tertiary/aromatic N) is 1. The van der Waals surface area contributed by atoms with Gasteiger partial charge in [-0.25, -0.2) is 9.38 Å². The summed E-state index contributed by atoms with van der Waals surface area (Å²) in [6.45, 7) is 5.93. The Morgan fingerprint density at radius 3 is 2.72 bits per heavy atom. The van der Waals surface area contributed by atoms with Crippen molar-refractivity contribution < 1.29 is 23.3 Å². The fraction of sp³-hybridized carbons (Fsp3) is 0.458. The maximum Gasteiger partial charge on any atom is 0.196 e. The van der Waals surface area contributed by atoms with Gasteiger partial charge in [-0.15, -0.1) is 0 Å². The molecule has 0 fully saturated rings. The van der Waals surface area contributed by atoms with Gasteiger partial charge >= 0.3 is 0 Å². The largest absolute Gasteiger partial charge is 0.490 e. The summed E-state index contributed by atoms with van der Waals surface area (Å²) in [6.07, 6.45) is 1.68. The molecular formula is C24H32FN3O4. The molecular weight excluding hydrogens is 413 g/mol. The van der Waals surface area contributed by atoms with Gasteiger partial charge < -0.3 is 29.6 Å². The van der Waals surface area contributed by atoms with Crippen LogP contribution in [0, 0.1) is 12.7 Å². The van der Waals surface area contributed by atoms with Gasteiger partial charge in [-0.3, -0.25) is 0 Å². The number of ether oxygens (including phenoxy) is 4. The lowest BCUT2D eigenvalue weighted by atomic mass is 10.1. The van der Waals surface area contributed by atoms with Crippen molar-refractivity contribution in [2.24, 2.45) is 4.99 Å². The van der Waals surface area contributed by atoms with Crippen molar-refractivity contribution in [3.8, 4) is 11.5 Å². The summed E-state index contributed by atoms with van der Waals surface area (Å²) in [5, 5.41) is 6.65. The molecule has 0 aromatic heterocycles. The van der Waals surface area contributed by atoms with Crippen molar-refractivity contribution in [2.75, 3.05) is 52.0 Å². The molecule has 0 saturated carbocycles. The van der Waals surface area contributed by atoms with E-state index in [0.717, 1.165) is 29.8 Å². The number of halogens is 1. The fourth-order valence-corrected chi connectivity index (χ4v) is 3.12. The molecule has 0 bridgehead atoms. The van der Waals surface area contributed by atoms with Crippen LogP contribution in [0.1, 0.15) is 24.0 Å². The molecule has 7 nitrogen and oxygen atoms in total. The predicted octanol–water partition coefficient (Wildman–Crippen LogP) is 3.91. The van der Waals surface area contributed by atoms with Gasteiger partial charge in [0.25, 0.3) is 0 Å². The molecule has 0 aliphatic carbocycles. The Morgan fingerprint density at radius 2 is 1.91 bits per heavy atom. The van der Waals surface area contributed by atoms with Crippen LogP contribution in [0.2, 0.25) is 0 Å². The number of rotatable bonds is 10. The summed E-state index contributed by atoms with van der Waals surface area (Å²) in [5.41, 5.74) is 2.38. The standard InChI is InChI=1S/C24H32FN3O4/c1-18-15-19(5-7-21(18)25)17-27-24(26-9-3-10-30-14-13-29-2)28-20-6-8-22-23(16-20)32-12-4-11-31-22/h5-8,15-16H,3-4,9-14,17H2,1-2H3,(H2,26,27,28). The number of benzene rings is 2. The van der Waals surface area contributed by atoms with Gasteiger partial charge in [-0.1, -0.05) is 12.1 Å². The van der Waals surface area contributed by atoms with E-state index in [4.69, 9.17) is 18.9 Å². The molecule has 0 atom stereocenters. The third-order valence-corrected chi connectivity index (χ3v) is 4.84. The van der Waals surface area contributed by atoms with E-state index < -0.39 is 0 Å². The Hall–Kier alpha value is -2.84. The van der Waals surface area contributed by atoms with E-state index in [1.54, 1.807) is 20.1 Å². The van der Waals surface area contributed by atoms with Crippen LogP contribution in [-0.4, -0.2) is 52.6 Å². The quantitative estimate of drug-likeness (QED) is 0.328. The molecule has 0 radical (unpaired) electrons. The van der Waals surface area contributed by atoms with Crippen LogP contribution in [0.3, 0.4) is 0 Å². The van der Waals surface area contributed by atoms with Crippen molar-refractivity contribution in [2.45, 2.75) is 26.3 Å². The van der Waals surface area contributed by atoms with Crippen molar-refractivity contribution in [3.63, 3.8) is 0 Å². The topological polar surface area (TPSA) is 73.3 Å². The van der Waals surface area contributed by atoms with Gasteiger partial charge in [0.15, 0.2) is 17.5 Å². The predicted molar refractivity (Wildman–Crippen MR) is 123 cm³/mol. The lowest BCUT2D eigenvalue weighted by Crippen LogP contribution is -2.32. The lowest BCUT2D eigenvalue weighted by Gasteiger charge is -2.15. The number of methoxy groups -OCH3 is 1. The molecule has 1 aliphatic heterocycles. The van der Waals surface area contributed by atoms with Gasteiger partial charge in [0.05, 0.1) is 33.0 Å². The van der Waals surface area contributed by atoms with Crippen LogP contribution >= 0.6 is 0 Å². The van der Waals surface area contributed by atoms with Gasteiger partial charge in [-0.2, -0.15) is 0 Å². The molecule has 1 heterocycles. The second-order valence-electron chi connectivity index (χ2n) is 7.47. The summed E-state index contributed by atoms with van der Waals surface area (Å²) < 4.78 is 35.5. The van der Waals surface area contributed by atoms with Crippen LogP contribution in [0.4, 0.5) is 10.1 Å². The van der Waals surface area contributed by atoms with E-state index in [1.807, 2.05) is 24.3 Å². The minimum absolute atomic E-state index is 0.213. The average Bonchev–Trinajstić information content (AvgIpc) is 3.04. The SMILES string of the molecule is COCCOCCCNC(=NCc1ccc(F)c(C)c1)Nc1ccc2c(c1)OCCCO2. The molecule has 174 valence electrons.